The Morgan fingerprint density at radius 2 is 1.54 bits per heavy atom. The molecule has 1 saturated heterocycles. The summed E-state index contributed by atoms with van der Waals surface area (Å²) < 4.78 is 2.10. The van der Waals surface area contributed by atoms with E-state index in [-0.39, 0.29) is 0 Å². The lowest BCUT2D eigenvalue weighted by molar-refractivity contribution is 0.221. The van der Waals surface area contributed by atoms with Crippen LogP contribution < -0.4 is 5.73 Å². The van der Waals surface area contributed by atoms with E-state index >= 15 is 0 Å². The molecule has 2 aromatic carbocycles. The number of aromatic nitrogens is 4. The lowest BCUT2D eigenvalue weighted by atomic mass is 10.1. The van der Waals surface area contributed by atoms with E-state index < -0.39 is 0 Å². The first-order chi connectivity index (χ1) is 18.3. The van der Waals surface area contributed by atoms with Crippen molar-refractivity contribution in [2.45, 2.75) is 39.7 Å². The van der Waals surface area contributed by atoms with Crippen LogP contribution >= 0.6 is 0 Å². The average Bonchev–Trinajstić information content (AvgIpc) is 3.34. The minimum atomic E-state index is 0.453. The fraction of sp³-hybridized carbons (Fsp3) is 0.258. The van der Waals surface area contributed by atoms with Crippen LogP contribution in [-0.2, 0) is 6.54 Å². The number of rotatable bonds is 5. The van der Waals surface area contributed by atoms with Gasteiger partial charge in [0.05, 0.1) is 11.3 Å². The Labute approximate surface area is 218 Å². The van der Waals surface area contributed by atoms with Crippen molar-refractivity contribution in [2.75, 3.05) is 18.8 Å². The minimum Gasteiger partial charge on any atom is -0.383 e. The van der Waals surface area contributed by atoms with Crippen molar-refractivity contribution in [3.63, 3.8) is 0 Å². The van der Waals surface area contributed by atoms with Crippen molar-refractivity contribution < 1.29 is 0 Å². The Bertz CT molecular complexity index is 1450. The number of anilines is 1. The van der Waals surface area contributed by atoms with Gasteiger partial charge in [0, 0.05) is 24.0 Å². The van der Waals surface area contributed by atoms with Gasteiger partial charge in [-0.2, -0.15) is 0 Å². The molecule has 0 radical (unpaired) electrons. The number of hydrogen-bond acceptors (Lipinski definition) is 5. The highest BCUT2D eigenvalue weighted by Crippen LogP contribution is 2.31. The van der Waals surface area contributed by atoms with E-state index in [0.717, 1.165) is 46.0 Å². The summed E-state index contributed by atoms with van der Waals surface area (Å²) in [5.41, 5.74) is 13.0. The van der Waals surface area contributed by atoms with Gasteiger partial charge in [-0.25, -0.2) is 15.0 Å². The monoisotopic (exact) mass is 490 g/mol. The largest absolute Gasteiger partial charge is 0.383 e. The molecule has 6 nitrogen and oxygen atoms in total. The van der Waals surface area contributed by atoms with Crippen molar-refractivity contribution in [3.05, 3.63) is 90.6 Å². The number of likely N-dealkylation sites (tertiary alicyclic amines) is 1. The van der Waals surface area contributed by atoms with Gasteiger partial charge in [0.25, 0.3) is 0 Å². The van der Waals surface area contributed by atoms with E-state index in [1.165, 1.54) is 37.9 Å². The fourth-order valence-electron chi connectivity index (χ4n) is 4.88. The second-order valence-corrected chi connectivity index (χ2v) is 9.12. The number of imidazole rings is 1. The fourth-order valence-corrected chi connectivity index (χ4v) is 4.88. The molecule has 37 heavy (non-hydrogen) atoms. The van der Waals surface area contributed by atoms with Gasteiger partial charge in [0.15, 0.2) is 11.5 Å². The van der Waals surface area contributed by atoms with Gasteiger partial charge in [0.1, 0.15) is 11.3 Å². The molecule has 0 saturated carbocycles. The Morgan fingerprint density at radius 3 is 2.27 bits per heavy atom. The van der Waals surface area contributed by atoms with Crippen LogP contribution in [-0.4, -0.2) is 37.5 Å². The second kappa shape index (κ2) is 11.4. The molecule has 0 spiro atoms. The number of hydrogen-bond donors (Lipinski definition) is 1. The Morgan fingerprint density at radius 1 is 0.784 bits per heavy atom. The number of nitrogens with zero attached hydrogens (tertiary/aromatic N) is 5. The maximum atomic E-state index is 6.28. The lowest BCUT2D eigenvalue weighted by Gasteiger charge is -2.26. The Kier molecular flexibility index (Phi) is 7.57. The minimum absolute atomic E-state index is 0.453. The highest BCUT2D eigenvalue weighted by atomic mass is 15.1. The summed E-state index contributed by atoms with van der Waals surface area (Å²) in [6.45, 7) is 7.36. The molecule has 3 aromatic heterocycles. The molecule has 5 aromatic rings. The number of benzene rings is 2. The summed E-state index contributed by atoms with van der Waals surface area (Å²) >= 11 is 0. The Balaban J connectivity index is 0.00000137. The SMILES string of the molecule is CC.Nc1ncccc1-c1nc2ccc(-c3ccccc3)nc2n1-c1ccc(CN2CCCCC2)cc1. The standard InChI is InChI=1S/C29H28N6.C2H6/c30-27-24(10-7-17-31-27)28-33-26-16-15-25(22-8-3-1-4-9-22)32-29(26)35(28)23-13-11-21(12-14-23)20-34-18-5-2-6-19-34;1-2/h1,3-4,7-17H,2,5-6,18-20H2,(H2,30,31);1-2H3. The van der Waals surface area contributed by atoms with Crippen LogP contribution in [0.4, 0.5) is 5.82 Å². The summed E-state index contributed by atoms with van der Waals surface area (Å²) in [5, 5.41) is 0. The number of fused-ring (bicyclic) bond motifs is 1. The number of nitrogens with two attached hydrogens (primary N) is 1. The van der Waals surface area contributed by atoms with Crippen LogP contribution in [0.3, 0.4) is 0 Å². The van der Waals surface area contributed by atoms with Crippen LogP contribution in [0.2, 0.25) is 0 Å². The Hall–Kier alpha value is -4.03. The van der Waals surface area contributed by atoms with E-state index in [1.807, 2.05) is 56.3 Å². The van der Waals surface area contributed by atoms with Crippen LogP contribution in [0.5, 0.6) is 0 Å². The molecular formula is C31H34N6. The van der Waals surface area contributed by atoms with E-state index in [9.17, 15) is 0 Å². The van der Waals surface area contributed by atoms with Gasteiger partial charge in [-0.1, -0.05) is 62.7 Å². The van der Waals surface area contributed by atoms with Crippen LogP contribution in [0.15, 0.2) is 85.1 Å². The lowest BCUT2D eigenvalue weighted by Crippen LogP contribution is -2.29. The second-order valence-electron chi connectivity index (χ2n) is 9.12. The normalized spacial score (nSPS) is 13.8. The molecule has 6 heteroatoms. The van der Waals surface area contributed by atoms with E-state index in [0.29, 0.717) is 5.82 Å². The summed E-state index contributed by atoms with van der Waals surface area (Å²) in [6.07, 6.45) is 5.64. The molecule has 0 bridgehead atoms. The van der Waals surface area contributed by atoms with Gasteiger partial charge >= 0.3 is 0 Å². The van der Waals surface area contributed by atoms with Gasteiger partial charge in [-0.3, -0.25) is 9.47 Å². The highest BCUT2D eigenvalue weighted by molar-refractivity contribution is 5.84. The van der Waals surface area contributed by atoms with Crippen molar-refractivity contribution in [1.29, 1.82) is 0 Å². The molecule has 4 heterocycles. The maximum absolute atomic E-state index is 6.28. The summed E-state index contributed by atoms with van der Waals surface area (Å²) in [7, 11) is 0. The molecule has 1 aliphatic heterocycles. The quantitative estimate of drug-likeness (QED) is 0.295. The first-order valence-electron chi connectivity index (χ1n) is 13.2. The predicted octanol–water partition coefficient (Wildman–Crippen LogP) is 6.74. The smallest absolute Gasteiger partial charge is 0.165 e. The van der Waals surface area contributed by atoms with Crippen LogP contribution in [0.25, 0.3) is 39.5 Å². The predicted molar refractivity (Wildman–Crippen MR) is 152 cm³/mol. The summed E-state index contributed by atoms with van der Waals surface area (Å²) in [5.74, 6) is 1.20. The van der Waals surface area contributed by atoms with Crippen molar-refractivity contribution in [3.8, 4) is 28.3 Å². The molecule has 0 unspecified atom stereocenters. The topological polar surface area (TPSA) is 72.9 Å². The molecule has 0 aliphatic carbocycles. The number of piperidine rings is 1. The van der Waals surface area contributed by atoms with E-state index in [2.05, 4.69) is 50.8 Å². The van der Waals surface area contributed by atoms with Gasteiger partial charge in [-0.15, -0.1) is 0 Å². The van der Waals surface area contributed by atoms with Crippen LogP contribution in [0.1, 0.15) is 38.7 Å². The molecule has 1 aliphatic rings. The molecule has 0 amide bonds. The molecule has 1 fully saturated rings. The first-order valence-corrected chi connectivity index (χ1v) is 13.2. The average molecular weight is 491 g/mol. The zero-order valence-corrected chi connectivity index (χ0v) is 21.6. The van der Waals surface area contributed by atoms with Gasteiger partial charge in [-0.05, 0) is 67.9 Å². The third-order valence-corrected chi connectivity index (χ3v) is 6.70. The summed E-state index contributed by atoms with van der Waals surface area (Å²) in [6, 6.07) is 26.9. The van der Waals surface area contributed by atoms with E-state index in [4.69, 9.17) is 15.7 Å². The first kappa shape index (κ1) is 24.7. The van der Waals surface area contributed by atoms with Gasteiger partial charge < -0.3 is 5.73 Å². The molecule has 2 N–H and O–H groups in total. The zero-order chi connectivity index (χ0) is 25.6. The molecule has 188 valence electrons. The summed E-state index contributed by atoms with van der Waals surface area (Å²) in [4.78, 5) is 16.8. The van der Waals surface area contributed by atoms with Crippen LogP contribution in [0, 0.1) is 0 Å². The van der Waals surface area contributed by atoms with Gasteiger partial charge in [0.2, 0.25) is 0 Å². The highest BCUT2D eigenvalue weighted by Gasteiger charge is 2.19. The third kappa shape index (κ3) is 5.25. The zero-order valence-electron chi connectivity index (χ0n) is 21.6. The van der Waals surface area contributed by atoms with Crippen molar-refractivity contribution in [2.24, 2.45) is 0 Å². The number of pyridine rings is 2. The van der Waals surface area contributed by atoms with Crippen molar-refractivity contribution >= 4 is 17.0 Å². The number of nitrogen functional groups attached to an aromatic ring is 1. The van der Waals surface area contributed by atoms with Crippen molar-refractivity contribution in [1.82, 2.24) is 24.4 Å². The third-order valence-electron chi connectivity index (χ3n) is 6.70. The molecule has 6 rings (SSSR count). The van der Waals surface area contributed by atoms with E-state index in [1.54, 1.807) is 6.20 Å². The molecule has 0 atom stereocenters. The maximum Gasteiger partial charge on any atom is 0.165 e. The molecular weight excluding hydrogens is 456 g/mol.